The maximum Gasteiger partial charge on any atom is 0.255 e. The Labute approximate surface area is 70.3 Å². The molecule has 1 rings (SSSR count). The van der Waals surface area contributed by atoms with E-state index in [2.05, 4.69) is 16.5 Å². The molecule has 4 nitrogen and oxygen atoms in total. The van der Waals surface area contributed by atoms with Crippen LogP contribution in [0.4, 0.5) is 0 Å². The summed E-state index contributed by atoms with van der Waals surface area (Å²) in [6, 6.07) is 3.21. The molecule has 1 heterocycles. The molecule has 0 bridgehead atoms. The number of aromatic nitrogens is 1. The monoisotopic (exact) mass is 165 g/mol. The van der Waals surface area contributed by atoms with Crippen LogP contribution in [0.5, 0.6) is 0 Å². The van der Waals surface area contributed by atoms with Crippen molar-refractivity contribution in [2.45, 2.75) is 13.2 Å². The van der Waals surface area contributed by atoms with Gasteiger partial charge in [0, 0.05) is 6.20 Å². The van der Waals surface area contributed by atoms with Crippen LogP contribution in [0, 0.1) is 6.20 Å². The van der Waals surface area contributed by atoms with Gasteiger partial charge in [0.1, 0.15) is 12.4 Å². The molecule has 1 aromatic heterocycles. The van der Waals surface area contributed by atoms with Gasteiger partial charge in [-0.05, 0) is 19.1 Å². The van der Waals surface area contributed by atoms with Crippen molar-refractivity contribution < 1.29 is 9.90 Å². The lowest BCUT2D eigenvalue weighted by Gasteiger charge is -2.05. The Kier molecular flexibility index (Phi) is 2.76. The van der Waals surface area contributed by atoms with Gasteiger partial charge in [0.15, 0.2) is 0 Å². The lowest BCUT2D eigenvalue weighted by Crippen LogP contribution is -2.32. The fourth-order valence-electron chi connectivity index (χ4n) is 0.720. The maximum atomic E-state index is 11.1. The lowest BCUT2D eigenvalue weighted by molar-refractivity contribution is 0.0818. The molecule has 0 saturated heterocycles. The summed E-state index contributed by atoms with van der Waals surface area (Å²) >= 11 is 0. The van der Waals surface area contributed by atoms with E-state index in [1.165, 1.54) is 13.1 Å². The van der Waals surface area contributed by atoms with E-state index in [0.29, 0.717) is 5.56 Å². The molecule has 4 heteroatoms. The number of rotatable bonds is 2. The lowest BCUT2D eigenvalue weighted by atomic mass is 10.3. The Morgan fingerprint density at radius 3 is 3.08 bits per heavy atom. The van der Waals surface area contributed by atoms with Crippen LogP contribution in [-0.4, -0.2) is 22.2 Å². The number of hydrogen-bond donors (Lipinski definition) is 2. The maximum absolute atomic E-state index is 11.1. The van der Waals surface area contributed by atoms with Crippen LogP contribution in [0.25, 0.3) is 0 Å². The zero-order chi connectivity index (χ0) is 8.97. The minimum Gasteiger partial charge on any atom is -0.374 e. The average Bonchev–Trinajstić information content (AvgIpc) is 2.05. The summed E-state index contributed by atoms with van der Waals surface area (Å²) in [6.07, 6.45) is 3.17. The van der Waals surface area contributed by atoms with Crippen molar-refractivity contribution in [2.24, 2.45) is 0 Å². The van der Waals surface area contributed by atoms with Gasteiger partial charge < -0.3 is 10.4 Å². The van der Waals surface area contributed by atoms with Crippen LogP contribution in [0.3, 0.4) is 0 Å². The standard InChI is InChI=1S/C8H9N2O2/c1-6(11)10-8(12)7-3-2-4-9-5-7/h2-4,6,11H,1H3,(H,10,12). The van der Waals surface area contributed by atoms with Gasteiger partial charge >= 0.3 is 0 Å². The van der Waals surface area contributed by atoms with Crippen molar-refractivity contribution in [1.29, 1.82) is 0 Å². The molecular weight excluding hydrogens is 156 g/mol. The third kappa shape index (κ3) is 2.32. The molecular formula is C8H9N2O2. The molecule has 0 aliphatic heterocycles. The highest BCUT2D eigenvalue weighted by Gasteiger charge is 2.06. The van der Waals surface area contributed by atoms with Gasteiger partial charge in [0.05, 0.1) is 5.56 Å². The second-order valence-corrected chi connectivity index (χ2v) is 2.31. The van der Waals surface area contributed by atoms with E-state index in [4.69, 9.17) is 5.11 Å². The molecule has 0 saturated carbocycles. The van der Waals surface area contributed by atoms with Crippen LogP contribution < -0.4 is 5.32 Å². The number of hydrogen-bond acceptors (Lipinski definition) is 3. The Morgan fingerprint density at radius 2 is 2.58 bits per heavy atom. The van der Waals surface area contributed by atoms with Gasteiger partial charge in [-0.1, -0.05) is 0 Å². The number of nitrogens with one attached hydrogen (secondary N) is 1. The van der Waals surface area contributed by atoms with Crippen LogP contribution in [0.2, 0.25) is 0 Å². The van der Waals surface area contributed by atoms with E-state index in [0.717, 1.165) is 0 Å². The van der Waals surface area contributed by atoms with E-state index in [1.807, 2.05) is 0 Å². The summed E-state index contributed by atoms with van der Waals surface area (Å²) in [5.41, 5.74) is 0.318. The quantitative estimate of drug-likeness (QED) is 0.604. The van der Waals surface area contributed by atoms with Crippen LogP contribution >= 0.6 is 0 Å². The van der Waals surface area contributed by atoms with Gasteiger partial charge in [0.2, 0.25) is 0 Å². The summed E-state index contributed by atoms with van der Waals surface area (Å²) in [6.45, 7) is 1.47. The first-order chi connectivity index (χ1) is 5.70. The molecule has 0 aromatic carbocycles. The second kappa shape index (κ2) is 3.82. The molecule has 1 amide bonds. The average molecular weight is 165 g/mol. The van der Waals surface area contributed by atoms with E-state index in [-0.39, 0.29) is 5.91 Å². The Morgan fingerprint density at radius 1 is 1.83 bits per heavy atom. The van der Waals surface area contributed by atoms with E-state index in [1.54, 1.807) is 12.1 Å². The molecule has 0 aliphatic rings. The second-order valence-electron chi connectivity index (χ2n) is 2.31. The predicted molar refractivity (Wildman–Crippen MR) is 42.2 cm³/mol. The first kappa shape index (κ1) is 8.67. The smallest absolute Gasteiger partial charge is 0.255 e. The van der Waals surface area contributed by atoms with E-state index < -0.39 is 6.23 Å². The SMILES string of the molecule is CC(O)NC(=O)c1[c]nccc1. The van der Waals surface area contributed by atoms with Crippen molar-refractivity contribution in [3.8, 4) is 0 Å². The van der Waals surface area contributed by atoms with Gasteiger partial charge in [0.25, 0.3) is 5.91 Å². The fraction of sp³-hybridized carbons (Fsp3) is 0.250. The van der Waals surface area contributed by atoms with Gasteiger partial charge in [-0.15, -0.1) is 0 Å². The number of carbonyl (C=O) groups is 1. The highest BCUT2D eigenvalue weighted by molar-refractivity contribution is 5.93. The number of pyridine rings is 1. The number of aliphatic hydroxyl groups is 1. The van der Waals surface area contributed by atoms with E-state index >= 15 is 0 Å². The summed E-state index contributed by atoms with van der Waals surface area (Å²) in [7, 11) is 0. The molecule has 1 atom stereocenters. The van der Waals surface area contributed by atoms with Crippen molar-refractivity contribution in [3.63, 3.8) is 0 Å². The van der Waals surface area contributed by atoms with Crippen molar-refractivity contribution in [3.05, 3.63) is 30.1 Å². The third-order valence-corrected chi connectivity index (χ3v) is 1.19. The van der Waals surface area contributed by atoms with Crippen LogP contribution in [0.1, 0.15) is 17.3 Å². The Hall–Kier alpha value is -1.42. The normalized spacial score (nSPS) is 12.2. The molecule has 1 unspecified atom stereocenters. The number of aliphatic hydroxyl groups excluding tert-OH is 1. The number of carbonyl (C=O) groups excluding carboxylic acids is 1. The minimum absolute atomic E-state index is 0.318. The molecule has 0 aliphatic carbocycles. The first-order valence-corrected chi connectivity index (χ1v) is 3.52. The van der Waals surface area contributed by atoms with Crippen molar-refractivity contribution >= 4 is 5.91 Å². The highest BCUT2D eigenvalue weighted by atomic mass is 16.3. The Balaban J connectivity index is 2.66. The van der Waals surface area contributed by atoms with Crippen molar-refractivity contribution in [2.75, 3.05) is 0 Å². The number of nitrogens with zero attached hydrogens (tertiary/aromatic N) is 1. The zero-order valence-electron chi connectivity index (χ0n) is 6.61. The van der Waals surface area contributed by atoms with Crippen molar-refractivity contribution in [1.82, 2.24) is 10.3 Å². The van der Waals surface area contributed by atoms with Gasteiger partial charge in [-0.2, -0.15) is 0 Å². The highest BCUT2D eigenvalue weighted by Crippen LogP contribution is 1.94. The predicted octanol–water partition coefficient (Wildman–Crippen LogP) is -0.0501. The Bertz CT molecular complexity index is 259. The molecule has 0 fully saturated rings. The molecule has 1 aromatic rings. The summed E-state index contributed by atoms with van der Waals surface area (Å²) < 4.78 is 0. The van der Waals surface area contributed by atoms with Gasteiger partial charge in [-0.25, -0.2) is 0 Å². The van der Waals surface area contributed by atoms with Crippen LogP contribution in [0.15, 0.2) is 18.3 Å². The molecule has 2 N–H and O–H groups in total. The first-order valence-electron chi connectivity index (χ1n) is 3.52. The summed E-state index contributed by atoms with van der Waals surface area (Å²) in [5.74, 6) is -0.377. The molecule has 12 heavy (non-hydrogen) atoms. The van der Waals surface area contributed by atoms with E-state index in [9.17, 15) is 4.79 Å². The molecule has 63 valence electrons. The summed E-state index contributed by atoms with van der Waals surface area (Å²) in [5, 5.41) is 11.1. The zero-order valence-corrected chi connectivity index (χ0v) is 6.61. The third-order valence-electron chi connectivity index (χ3n) is 1.19. The minimum atomic E-state index is -0.855. The number of amides is 1. The van der Waals surface area contributed by atoms with Crippen LogP contribution in [-0.2, 0) is 0 Å². The van der Waals surface area contributed by atoms with Gasteiger partial charge in [-0.3, -0.25) is 9.78 Å². The summed E-state index contributed by atoms with van der Waals surface area (Å²) in [4.78, 5) is 14.8. The fourth-order valence-corrected chi connectivity index (χ4v) is 0.720. The topological polar surface area (TPSA) is 62.2 Å². The molecule has 1 radical (unpaired) electrons. The largest absolute Gasteiger partial charge is 0.374 e. The molecule has 0 spiro atoms.